The number of esters is 1. The number of hydrogen-bond donors (Lipinski definition) is 2. The molecule has 1 heterocycles. The SMILES string of the molecule is CCOC(=O)c1c(C)nn(C(=O)C(C)(C)N)c1N. The van der Waals surface area contributed by atoms with E-state index in [-0.39, 0.29) is 18.0 Å². The van der Waals surface area contributed by atoms with Gasteiger partial charge in [-0.15, -0.1) is 0 Å². The normalized spacial score (nSPS) is 11.4. The predicted octanol–water partition coefficient (Wildman–Crippen LogP) is 0.328. The molecule has 1 aromatic rings. The Morgan fingerprint density at radius 3 is 2.44 bits per heavy atom. The first kappa shape index (κ1) is 14.2. The van der Waals surface area contributed by atoms with Gasteiger partial charge in [-0.05, 0) is 27.7 Å². The van der Waals surface area contributed by atoms with Gasteiger partial charge in [0.25, 0.3) is 5.91 Å². The van der Waals surface area contributed by atoms with Crippen molar-refractivity contribution in [2.75, 3.05) is 12.3 Å². The lowest BCUT2D eigenvalue weighted by Gasteiger charge is -2.16. The van der Waals surface area contributed by atoms with Gasteiger partial charge in [0.05, 0.1) is 17.8 Å². The summed E-state index contributed by atoms with van der Waals surface area (Å²) in [5.74, 6) is -1.13. The Labute approximate surface area is 105 Å². The number of nitrogens with two attached hydrogens (primary N) is 2. The third-order valence-corrected chi connectivity index (χ3v) is 2.32. The lowest BCUT2D eigenvalue weighted by atomic mass is 10.1. The summed E-state index contributed by atoms with van der Waals surface area (Å²) in [5, 5.41) is 3.94. The molecule has 0 amide bonds. The van der Waals surface area contributed by atoms with E-state index >= 15 is 0 Å². The second-order valence-electron chi connectivity index (χ2n) is 4.50. The molecule has 0 spiro atoms. The van der Waals surface area contributed by atoms with Gasteiger partial charge < -0.3 is 16.2 Å². The molecule has 18 heavy (non-hydrogen) atoms. The molecule has 0 bridgehead atoms. The van der Waals surface area contributed by atoms with Crippen molar-refractivity contribution in [3.05, 3.63) is 11.3 Å². The number of anilines is 1. The van der Waals surface area contributed by atoms with Crippen molar-refractivity contribution >= 4 is 17.7 Å². The van der Waals surface area contributed by atoms with Crippen LogP contribution in [0, 0.1) is 6.92 Å². The molecule has 0 atom stereocenters. The molecule has 0 fully saturated rings. The monoisotopic (exact) mass is 254 g/mol. The number of nitrogen functional groups attached to an aromatic ring is 1. The molecule has 0 saturated heterocycles. The molecule has 7 nitrogen and oxygen atoms in total. The Bertz CT molecular complexity index is 485. The summed E-state index contributed by atoms with van der Waals surface area (Å²) in [6.45, 7) is 6.56. The molecule has 4 N–H and O–H groups in total. The maximum absolute atomic E-state index is 12.0. The Balaban J connectivity index is 3.24. The summed E-state index contributed by atoms with van der Waals surface area (Å²) in [6.07, 6.45) is 0. The van der Waals surface area contributed by atoms with Gasteiger partial charge in [-0.2, -0.15) is 9.78 Å². The summed E-state index contributed by atoms with van der Waals surface area (Å²) in [7, 11) is 0. The zero-order valence-electron chi connectivity index (χ0n) is 11.0. The molecule has 1 aromatic heterocycles. The molecule has 1 rings (SSSR count). The van der Waals surface area contributed by atoms with Crippen LogP contribution in [0.25, 0.3) is 0 Å². The average molecular weight is 254 g/mol. The highest BCUT2D eigenvalue weighted by atomic mass is 16.5. The van der Waals surface area contributed by atoms with Crippen LogP contribution in [0.5, 0.6) is 0 Å². The molecule has 0 unspecified atom stereocenters. The van der Waals surface area contributed by atoms with Gasteiger partial charge in [0.15, 0.2) is 0 Å². The fraction of sp³-hybridized carbons (Fsp3) is 0.545. The van der Waals surface area contributed by atoms with Crippen LogP contribution in [-0.2, 0) is 4.74 Å². The summed E-state index contributed by atoms with van der Waals surface area (Å²) in [4.78, 5) is 23.7. The molecule has 0 aliphatic carbocycles. The van der Waals surface area contributed by atoms with Crippen LogP contribution in [0.4, 0.5) is 5.82 Å². The molecule has 100 valence electrons. The van der Waals surface area contributed by atoms with Crippen molar-refractivity contribution < 1.29 is 14.3 Å². The number of aryl methyl sites for hydroxylation is 1. The predicted molar refractivity (Wildman–Crippen MR) is 66.2 cm³/mol. The smallest absolute Gasteiger partial charge is 0.343 e. The number of aromatic nitrogens is 2. The third-order valence-electron chi connectivity index (χ3n) is 2.32. The zero-order valence-corrected chi connectivity index (χ0v) is 11.0. The van der Waals surface area contributed by atoms with E-state index in [0.29, 0.717) is 5.69 Å². The van der Waals surface area contributed by atoms with Crippen LogP contribution in [0.1, 0.15) is 41.6 Å². The van der Waals surface area contributed by atoms with Crippen LogP contribution < -0.4 is 11.5 Å². The number of hydrogen-bond acceptors (Lipinski definition) is 6. The van der Waals surface area contributed by atoms with Crippen LogP contribution in [0.15, 0.2) is 0 Å². The Morgan fingerprint density at radius 2 is 2.00 bits per heavy atom. The minimum Gasteiger partial charge on any atom is -0.462 e. The van der Waals surface area contributed by atoms with E-state index in [1.165, 1.54) is 13.8 Å². The summed E-state index contributed by atoms with van der Waals surface area (Å²) >= 11 is 0. The summed E-state index contributed by atoms with van der Waals surface area (Å²) in [5.41, 5.74) is 10.8. The fourth-order valence-corrected chi connectivity index (χ4v) is 1.43. The van der Waals surface area contributed by atoms with Crippen LogP contribution in [-0.4, -0.2) is 33.8 Å². The van der Waals surface area contributed by atoms with Crippen LogP contribution in [0.2, 0.25) is 0 Å². The highest BCUT2D eigenvalue weighted by Crippen LogP contribution is 2.19. The van der Waals surface area contributed by atoms with Crippen molar-refractivity contribution in [1.29, 1.82) is 0 Å². The maximum Gasteiger partial charge on any atom is 0.343 e. The van der Waals surface area contributed by atoms with Crippen molar-refractivity contribution in [2.24, 2.45) is 5.73 Å². The first-order chi connectivity index (χ1) is 8.20. The van der Waals surface area contributed by atoms with Crippen molar-refractivity contribution in [1.82, 2.24) is 9.78 Å². The van der Waals surface area contributed by atoms with Gasteiger partial charge in [0.2, 0.25) is 0 Å². The molecular weight excluding hydrogens is 236 g/mol. The quantitative estimate of drug-likeness (QED) is 0.751. The summed E-state index contributed by atoms with van der Waals surface area (Å²) in [6, 6.07) is 0. The van der Waals surface area contributed by atoms with E-state index in [0.717, 1.165) is 4.68 Å². The van der Waals surface area contributed by atoms with Crippen LogP contribution >= 0.6 is 0 Å². The molecule has 0 aromatic carbocycles. The lowest BCUT2D eigenvalue weighted by Crippen LogP contribution is -2.45. The number of carbonyl (C=O) groups excluding carboxylic acids is 2. The van der Waals surface area contributed by atoms with Crippen molar-refractivity contribution in [2.45, 2.75) is 33.2 Å². The maximum atomic E-state index is 12.0. The van der Waals surface area contributed by atoms with Crippen molar-refractivity contribution in [3.8, 4) is 0 Å². The standard InChI is InChI=1S/C11H18N4O3/c1-5-18-9(16)7-6(2)14-15(8(7)12)10(17)11(3,4)13/h5,12-13H2,1-4H3. The van der Waals surface area contributed by atoms with E-state index in [1.54, 1.807) is 13.8 Å². The molecular formula is C11H18N4O3. The number of carbonyl (C=O) groups is 2. The van der Waals surface area contributed by atoms with E-state index in [9.17, 15) is 9.59 Å². The lowest BCUT2D eigenvalue weighted by molar-refractivity contribution is 0.0527. The topological polar surface area (TPSA) is 113 Å². The second kappa shape index (κ2) is 4.77. The Kier molecular flexibility index (Phi) is 3.76. The number of ether oxygens (including phenoxy) is 1. The average Bonchev–Trinajstić information content (AvgIpc) is 2.52. The molecule has 0 radical (unpaired) electrons. The highest BCUT2D eigenvalue weighted by Gasteiger charge is 2.30. The van der Waals surface area contributed by atoms with Gasteiger partial charge in [-0.3, -0.25) is 4.79 Å². The van der Waals surface area contributed by atoms with E-state index in [2.05, 4.69) is 5.10 Å². The number of rotatable bonds is 3. The molecule has 0 aliphatic heterocycles. The van der Waals surface area contributed by atoms with Gasteiger partial charge in [0, 0.05) is 0 Å². The molecule has 0 saturated carbocycles. The van der Waals surface area contributed by atoms with Gasteiger partial charge in [-0.1, -0.05) is 0 Å². The first-order valence-corrected chi connectivity index (χ1v) is 5.56. The fourth-order valence-electron chi connectivity index (χ4n) is 1.43. The largest absolute Gasteiger partial charge is 0.462 e. The number of nitrogens with zero attached hydrogens (tertiary/aromatic N) is 2. The van der Waals surface area contributed by atoms with Crippen molar-refractivity contribution in [3.63, 3.8) is 0 Å². The second-order valence-corrected chi connectivity index (χ2v) is 4.50. The van der Waals surface area contributed by atoms with E-state index in [4.69, 9.17) is 16.2 Å². The van der Waals surface area contributed by atoms with E-state index < -0.39 is 17.4 Å². The van der Waals surface area contributed by atoms with Crippen LogP contribution in [0.3, 0.4) is 0 Å². The van der Waals surface area contributed by atoms with Gasteiger partial charge >= 0.3 is 5.97 Å². The summed E-state index contributed by atoms with van der Waals surface area (Å²) < 4.78 is 5.80. The Hall–Kier alpha value is -1.89. The minimum atomic E-state index is -1.13. The third kappa shape index (κ3) is 2.51. The first-order valence-electron chi connectivity index (χ1n) is 5.56. The van der Waals surface area contributed by atoms with Gasteiger partial charge in [-0.25, -0.2) is 4.79 Å². The highest BCUT2D eigenvalue weighted by molar-refractivity contribution is 5.99. The minimum absolute atomic E-state index is 0.0468. The molecule has 7 heteroatoms. The molecule has 0 aliphatic rings. The zero-order chi connectivity index (χ0) is 14.1. The van der Waals surface area contributed by atoms with Gasteiger partial charge in [0.1, 0.15) is 11.4 Å². The van der Waals surface area contributed by atoms with E-state index in [1.807, 2.05) is 0 Å². The Morgan fingerprint density at radius 1 is 1.44 bits per heavy atom.